The largest absolute Gasteiger partial charge is 0.383 e. The predicted molar refractivity (Wildman–Crippen MR) is 122 cm³/mol. The first-order chi connectivity index (χ1) is 13.0. The van der Waals surface area contributed by atoms with Crippen LogP contribution in [0.25, 0.3) is 0 Å². The number of nitrogens with one attached hydrogen (secondary N) is 1. The second-order valence-corrected chi connectivity index (χ2v) is 6.92. The standard InChI is InChI=1S/C20H33FN4O2.HI/c1-5-22-20(23-10-11-24(3)12-13-26-4)25-14-16(2)27-19(15-25)17-6-8-18(21)9-7-17;/h6-9,16,19H,5,10-15H2,1-4H3,(H,22,23);1H. The van der Waals surface area contributed by atoms with E-state index in [0.717, 1.165) is 50.9 Å². The minimum Gasteiger partial charge on any atom is -0.383 e. The van der Waals surface area contributed by atoms with Crippen LogP contribution in [0.4, 0.5) is 4.39 Å². The highest BCUT2D eigenvalue weighted by atomic mass is 127. The van der Waals surface area contributed by atoms with E-state index >= 15 is 0 Å². The molecule has 1 N–H and O–H groups in total. The maximum Gasteiger partial charge on any atom is 0.194 e. The lowest BCUT2D eigenvalue weighted by atomic mass is 10.1. The molecule has 0 spiro atoms. The van der Waals surface area contributed by atoms with Crippen molar-refractivity contribution in [2.45, 2.75) is 26.1 Å². The summed E-state index contributed by atoms with van der Waals surface area (Å²) < 4.78 is 24.4. The van der Waals surface area contributed by atoms with Crippen LogP contribution in [0, 0.1) is 5.82 Å². The van der Waals surface area contributed by atoms with Gasteiger partial charge < -0.3 is 24.6 Å². The van der Waals surface area contributed by atoms with Gasteiger partial charge in [-0.05, 0) is 38.6 Å². The van der Waals surface area contributed by atoms with E-state index in [1.54, 1.807) is 19.2 Å². The van der Waals surface area contributed by atoms with Crippen molar-refractivity contribution in [3.63, 3.8) is 0 Å². The molecule has 8 heteroatoms. The zero-order chi connectivity index (χ0) is 19.6. The fraction of sp³-hybridized carbons (Fsp3) is 0.650. The summed E-state index contributed by atoms with van der Waals surface area (Å²) in [6.45, 7) is 9.63. The Morgan fingerprint density at radius 2 is 2.04 bits per heavy atom. The third-order valence-corrected chi connectivity index (χ3v) is 4.56. The number of nitrogens with zero attached hydrogens (tertiary/aromatic N) is 3. The summed E-state index contributed by atoms with van der Waals surface area (Å²) in [6, 6.07) is 6.56. The van der Waals surface area contributed by atoms with E-state index in [2.05, 4.69) is 36.0 Å². The molecule has 1 saturated heterocycles. The molecule has 0 radical (unpaired) electrons. The first kappa shape index (κ1) is 25.1. The Balaban J connectivity index is 0.00000392. The number of morpholine rings is 1. The van der Waals surface area contributed by atoms with Gasteiger partial charge in [-0.25, -0.2) is 4.39 Å². The van der Waals surface area contributed by atoms with Crippen molar-refractivity contribution in [1.29, 1.82) is 0 Å². The number of methoxy groups -OCH3 is 1. The molecule has 1 aliphatic heterocycles. The normalized spacial score (nSPS) is 20.2. The third kappa shape index (κ3) is 8.18. The average molecular weight is 508 g/mol. The number of hydrogen-bond acceptors (Lipinski definition) is 4. The van der Waals surface area contributed by atoms with Gasteiger partial charge in [0.15, 0.2) is 5.96 Å². The van der Waals surface area contributed by atoms with Crippen LogP contribution in [0.1, 0.15) is 25.5 Å². The van der Waals surface area contributed by atoms with E-state index in [-0.39, 0.29) is 42.0 Å². The molecule has 1 fully saturated rings. The average Bonchev–Trinajstić information content (AvgIpc) is 2.65. The maximum absolute atomic E-state index is 13.2. The minimum atomic E-state index is -0.230. The van der Waals surface area contributed by atoms with Crippen LogP contribution >= 0.6 is 24.0 Å². The number of aliphatic imine (C=N–C) groups is 1. The fourth-order valence-electron chi connectivity index (χ4n) is 3.10. The lowest BCUT2D eigenvalue weighted by molar-refractivity contribution is -0.0605. The fourth-order valence-corrected chi connectivity index (χ4v) is 3.10. The molecule has 2 unspecified atom stereocenters. The van der Waals surface area contributed by atoms with Gasteiger partial charge in [-0.2, -0.15) is 0 Å². The lowest BCUT2D eigenvalue weighted by Crippen LogP contribution is -2.51. The first-order valence-electron chi connectivity index (χ1n) is 9.65. The van der Waals surface area contributed by atoms with Crippen molar-refractivity contribution in [1.82, 2.24) is 15.1 Å². The molecule has 0 aromatic heterocycles. The van der Waals surface area contributed by atoms with Crippen LogP contribution in [0.5, 0.6) is 0 Å². The zero-order valence-electron chi connectivity index (χ0n) is 17.4. The van der Waals surface area contributed by atoms with Crippen molar-refractivity contribution in [2.75, 3.05) is 60.0 Å². The Morgan fingerprint density at radius 1 is 1.32 bits per heavy atom. The van der Waals surface area contributed by atoms with E-state index < -0.39 is 0 Å². The number of benzene rings is 1. The topological polar surface area (TPSA) is 49.3 Å². The molecule has 0 amide bonds. The summed E-state index contributed by atoms with van der Waals surface area (Å²) in [5.41, 5.74) is 0.989. The van der Waals surface area contributed by atoms with Crippen LogP contribution in [0.15, 0.2) is 29.3 Å². The molecular formula is C20H34FIN4O2. The van der Waals surface area contributed by atoms with E-state index in [1.807, 2.05) is 0 Å². The van der Waals surface area contributed by atoms with Crippen molar-refractivity contribution in [3.05, 3.63) is 35.6 Å². The maximum atomic E-state index is 13.2. The lowest BCUT2D eigenvalue weighted by Gasteiger charge is -2.38. The molecule has 1 aromatic rings. The van der Waals surface area contributed by atoms with Gasteiger partial charge in [-0.1, -0.05) is 12.1 Å². The Hall–Kier alpha value is -0.970. The number of halogens is 2. The van der Waals surface area contributed by atoms with E-state index in [1.165, 1.54) is 12.1 Å². The van der Waals surface area contributed by atoms with Crippen molar-refractivity contribution in [3.8, 4) is 0 Å². The van der Waals surface area contributed by atoms with Gasteiger partial charge in [0.25, 0.3) is 0 Å². The molecule has 6 nitrogen and oxygen atoms in total. The third-order valence-electron chi connectivity index (χ3n) is 4.56. The Kier molecular flexibility index (Phi) is 11.9. The van der Waals surface area contributed by atoms with Gasteiger partial charge in [0.2, 0.25) is 0 Å². The molecular weight excluding hydrogens is 474 g/mol. The van der Waals surface area contributed by atoms with Gasteiger partial charge in [0, 0.05) is 33.3 Å². The van der Waals surface area contributed by atoms with Crippen LogP contribution < -0.4 is 5.32 Å². The number of ether oxygens (including phenoxy) is 2. The highest BCUT2D eigenvalue weighted by molar-refractivity contribution is 14.0. The molecule has 1 aromatic carbocycles. The van der Waals surface area contributed by atoms with Crippen molar-refractivity contribution >= 4 is 29.9 Å². The van der Waals surface area contributed by atoms with Crippen LogP contribution in [0.3, 0.4) is 0 Å². The second kappa shape index (κ2) is 13.3. The first-order valence-corrected chi connectivity index (χ1v) is 9.65. The smallest absolute Gasteiger partial charge is 0.194 e. The van der Waals surface area contributed by atoms with E-state index in [0.29, 0.717) is 6.54 Å². The molecule has 0 bridgehead atoms. The van der Waals surface area contributed by atoms with E-state index in [4.69, 9.17) is 14.5 Å². The molecule has 0 aliphatic carbocycles. The molecule has 1 aliphatic rings. The van der Waals surface area contributed by atoms with Gasteiger partial charge in [0.05, 0.1) is 25.8 Å². The number of guanidine groups is 1. The molecule has 0 saturated carbocycles. The summed E-state index contributed by atoms with van der Waals surface area (Å²) >= 11 is 0. The van der Waals surface area contributed by atoms with Crippen LogP contribution in [-0.2, 0) is 9.47 Å². The monoisotopic (exact) mass is 508 g/mol. The quantitative estimate of drug-likeness (QED) is 0.333. The SMILES string of the molecule is CCNC(=NCCN(C)CCOC)N1CC(C)OC(c2ccc(F)cc2)C1.I. The van der Waals surface area contributed by atoms with Gasteiger partial charge in [0.1, 0.15) is 11.9 Å². The number of rotatable bonds is 8. The molecule has 160 valence electrons. The molecule has 2 rings (SSSR count). The van der Waals surface area contributed by atoms with Crippen LogP contribution in [0.2, 0.25) is 0 Å². The van der Waals surface area contributed by atoms with Gasteiger partial charge in [-0.3, -0.25) is 4.99 Å². The summed E-state index contributed by atoms with van der Waals surface area (Å²) in [4.78, 5) is 9.24. The van der Waals surface area contributed by atoms with Crippen molar-refractivity contribution in [2.24, 2.45) is 4.99 Å². The Labute approximate surface area is 185 Å². The van der Waals surface area contributed by atoms with E-state index in [9.17, 15) is 4.39 Å². The predicted octanol–water partition coefficient (Wildman–Crippen LogP) is 2.75. The highest BCUT2D eigenvalue weighted by Gasteiger charge is 2.28. The van der Waals surface area contributed by atoms with Gasteiger partial charge in [-0.15, -0.1) is 24.0 Å². The van der Waals surface area contributed by atoms with Gasteiger partial charge >= 0.3 is 0 Å². The second-order valence-electron chi connectivity index (χ2n) is 6.92. The molecule has 2 atom stereocenters. The summed E-state index contributed by atoms with van der Waals surface area (Å²) in [5, 5.41) is 3.39. The van der Waals surface area contributed by atoms with Crippen molar-refractivity contribution < 1.29 is 13.9 Å². The number of hydrogen-bond donors (Lipinski definition) is 1. The molecule has 1 heterocycles. The highest BCUT2D eigenvalue weighted by Crippen LogP contribution is 2.25. The minimum absolute atomic E-state index is 0. The zero-order valence-corrected chi connectivity index (χ0v) is 19.7. The Morgan fingerprint density at radius 3 is 2.68 bits per heavy atom. The molecule has 28 heavy (non-hydrogen) atoms. The summed E-state index contributed by atoms with van der Waals surface area (Å²) in [5.74, 6) is 0.673. The Bertz CT molecular complexity index is 588. The summed E-state index contributed by atoms with van der Waals surface area (Å²) in [6.07, 6.45) is -0.0235. The summed E-state index contributed by atoms with van der Waals surface area (Å²) in [7, 11) is 3.79. The van der Waals surface area contributed by atoms with Crippen LogP contribution in [-0.4, -0.2) is 81.9 Å². The number of likely N-dealkylation sites (N-methyl/N-ethyl adjacent to an activating group) is 1.